The molecule has 3 rings (SSSR count). The Morgan fingerprint density at radius 3 is 2.74 bits per heavy atom. The molecule has 0 bridgehead atoms. The van der Waals surface area contributed by atoms with Gasteiger partial charge in [0.15, 0.2) is 5.82 Å². The molecule has 1 aliphatic heterocycles. The zero-order valence-electron chi connectivity index (χ0n) is 18.8. The predicted molar refractivity (Wildman–Crippen MR) is 117 cm³/mol. The van der Waals surface area contributed by atoms with Crippen LogP contribution in [0.3, 0.4) is 0 Å². The first-order chi connectivity index (χ1) is 16.2. The zero-order valence-corrected chi connectivity index (χ0v) is 18.8. The van der Waals surface area contributed by atoms with Crippen LogP contribution in [0.2, 0.25) is 0 Å². The third-order valence-electron chi connectivity index (χ3n) is 5.45. The van der Waals surface area contributed by atoms with Gasteiger partial charge in [-0.15, -0.1) is 10.2 Å². The van der Waals surface area contributed by atoms with Crippen molar-refractivity contribution < 1.29 is 24.3 Å². The van der Waals surface area contributed by atoms with Crippen molar-refractivity contribution in [2.75, 3.05) is 4.90 Å². The topological polar surface area (TPSA) is 209 Å². The number of nitrogens with one attached hydrogen (secondary N) is 3. The summed E-state index contributed by atoms with van der Waals surface area (Å²) in [4.78, 5) is 55.9. The normalized spacial score (nSPS) is 16.6. The van der Waals surface area contributed by atoms with Crippen molar-refractivity contribution in [1.29, 1.82) is 0 Å². The number of anilines is 1. The number of carbonyl (C=O) groups is 4. The van der Waals surface area contributed by atoms with E-state index in [1.54, 1.807) is 26.0 Å². The molecule has 1 aliphatic rings. The quantitative estimate of drug-likeness (QED) is 0.270. The second-order valence-corrected chi connectivity index (χ2v) is 8.22. The molecule has 182 valence electrons. The maximum atomic E-state index is 13.6. The third kappa shape index (κ3) is 5.70. The highest BCUT2D eigenvalue weighted by Gasteiger charge is 2.42. The molecule has 3 heterocycles. The van der Waals surface area contributed by atoms with Crippen molar-refractivity contribution in [2.24, 2.45) is 11.7 Å². The van der Waals surface area contributed by atoms with Gasteiger partial charge in [-0.2, -0.15) is 5.21 Å². The fraction of sp³-hybridized carbons (Fsp3) is 0.500. The number of carboxylic acid groups (broad SMARTS) is 1. The first-order valence-electron chi connectivity index (χ1n) is 10.7. The van der Waals surface area contributed by atoms with Crippen LogP contribution in [0.15, 0.2) is 18.3 Å². The number of pyridine rings is 1. The molecule has 1 unspecified atom stereocenters. The number of hydrogen-bond acceptors (Lipinski definition) is 9. The van der Waals surface area contributed by atoms with Crippen molar-refractivity contribution in [3.8, 4) is 0 Å². The van der Waals surface area contributed by atoms with Gasteiger partial charge in [0.25, 0.3) is 5.91 Å². The lowest BCUT2D eigenvalue weighted by Crippen LogP contribution is -2.57. The summed E-state index contributed by atoms with van der Waals surface area (Å²) < 4.78 is 0. The average Bonchev–Trinajstić information content (AvgIpc) is 3.46. The van der Waals surface area contributed by atoms with Gasteiger partial charge >= 0.3 is 5.97 Å². The number of hydrogen-bond donors (Lipinski definition) is 5. The number of nitrogens with zero attached hydrogens (tertiary/aromatic N) is 5. The van der Waals surface area contributed by atoms with Crippen molar-refractivity contribution in [1.82, 2.24) is 36.2 Å². The lowest BCUT2D eigenvalue weighted by Gasteiger charge is -2.29. The summed E-state index contributed by atoms with van der Waals surface area (Å²) in [7, 11) is 0. The molecule has 3 amide bonds. The number of fused-ring (bicyclic) bond motifs is 1. The van der Waals surface area contributed by atoms with Crippen LogP contribution in [0.25, 0.3) is 0 Å². The Balaban J connectivity index is 1.85. The number of amides is 3. The van der Waals surface area contributed by atoms with Gasteiger partial charge in [-0.1, -0.05) is 25.1 Å². The molecule has 0 fully saturated rings. The molecule has 0 aliphatic carbocycles. The summed E-state index contributed by atoms with van der Waals surface area (Å²) in [5, 5.41) is 27.6. The summed E-state index contributed by atoms with van der Waals surface area (Å²) >= 11 is 0. The minimum atomic E-state index is -1.21. The van der Waals surface area contributed by atoms with Gasteiger partial charge in [0.1, 0.15) is 17.9 Å². The van der Waals surface area contributed by atoms with Crippen molar-refractivity contribution in [3.63, 3.8) is 0 Å². The highest BCUT2D eigenvalue weighted by molar-refractivity contribution is 6.06. The molecule has 14 nitrogen and oxygen atoms in total. The van der Waals surface area contributed by atoms with Gasteiger partial charge in [-0.3, -0.25) is 24.1 Å². The summed E-state index contributed by atoms with van der Waals surface area (Å²) in [6.45, 7) is 3.49. The van der Waals surface area contributed by atoms with E-state index in [4.69, 9.17) is 10.8 Å². The van der Waals surface area contributed by atoms with Crippen LogP contribution in [0.5, 0.6) is 0 Å². The smallest absolute Gasteiger partial charge is 0.303 e. The van der Waals surface area contributed by atoms with E-state index in [1.165, 1.54) is 11.1 Å². The first kappa shape index (κ1) is 24.7. The molecule has 0 spiro atoms. The second kappa shape index (κ2) is 10.8. The van der Waals surface area contributed by atoms with E-state index in [1.807, 2.05) is 0 Å². The van der Waals surface area contributed by atoms with Gasteiger partial charge in [0, 0.05) is 19.0 Å². The fourth-order valence-electron chi connectivity index (χ4n) is 3.53. The number of nitrogens with two attached hydrogens (primary N) is 1. The maximum Gasteiger partial charge on any atom is 0.303 e. The van der Waals surface area contributed by atoms with E-state index in [0.29, 0.717) is 5.56 Å². The van der Waals surface area contributed by atoms with E-state index in [-0.39, 0.29) is 43.4 Å². The molecular weight excluding hydrogens is 446 g/mol. The van der Waals surface area contributed by atoms with Gasteiger partial charge < -0.3 is 21.5 Å². The Hall–Kier alpha value is -3.94. The lowest BCUT2D eigenvalue weighted by molar-refractivity contribution is -0.138. The molecule has 2 aromatic rings. The minimum absolute atomic E-state index is 0.0138. The van der Waals surface area contributed by atoms with Crippen LogP contribution in [0, 0.1) is 5.92 Å². The summed E-state index contributed by atoms with van der Waals surface area (Å²) in [5.74, 6) is -2.52. The zero-order chi connectivity index (χ0) is 24.8. The first-order valence-corrected chi connectivity index (χ1v) is 10.7. The number of aliphatic carboxylic acids is 1. The van der Waals surface area contributed by atoms with E-state index >= 15 is 0 Å². The standard InChI is InChI=1S/C20H27N9O5/c1-10(2)16(21)19(33)24-12(5-6-15(30)31)20(34)29-13(8-11-4-3-7-22-17(11)29)18(32)23-9-14-25-27-28-26-14/h3-4,7,10,12-13,16H,5-6,8-9,21H2,1-2H3,(H,23,32)(H,24,33)(H,30,31)(H,25,26,27,28)/t12?,13-,16-/m0/s1. The molecule has 0 aromatic carbocycles. The molecule has 0 radical (unpaired) electrons. The van der Waals surface area contributed by atoms with E-state index in [9.17, 15) is 19.2 Å². The van der Waals surface area contributed by atoms with Gasteiger partial charge in [0.05, 0.1) is 12.6 Å². The number of carboxylic acids is 1. The Morgan fingerprint density at radius 1 is 1.32 bits per heavy atom. The molecule has 2 aromatic heterocycles. The lowest BCUT2D eigenvalue weighted by atomic mass is 10.0. The van der Waals surface area contributed by atoms with Crippen LogP contribution in [-0.2, 0) is 32.1 Å². The summed E-state index contributed by atoms with van der Waals surface area (Å²) in [6, 6.07) is 0.362. The van der Waals surface area contributed by atoms with Crippen molar-refractivity contribution in [2.45, 2.75) is 57.8 Å². The average molecular weight is 473 g/mol. The fourth-order valence-corrected chi connectivity index (χ4v) is 3.53. The molecule has 14 heteroatoms. The SMILES string of the molecule is CC(C)[C@H](N)C(=O)NC(CCC(=O)O)C(=O)N1c2ncccc2C[C@H]1C(=O)NCc1nn[nH]n1. The van der Waals surface area contributed by atoms with Crippen molar-refractivity contribution in [3.05, 3.63) is 29.7 Å². The third-order valence-corrected chi connectivity index (χ3v) is 5.45. The number of rotatable bonds is 10. The molecule has 0 saturated carbocycles. The Bertz CT molecular complexity index is 1040. The number of aromatic amines is 1. The Labute approximate surface area is 194 Å². The summed E-state index contributed by atoms with van der Waals surface area (Å²) in [6.07, 6.45) is 1.13. The number of H-pyrrole nitrogens is 1. The Kier molecular flexibility index (Phi) is 7.83. The van der Waals surface area contributed by atoms with Gasteiger partial charge in [-0.25, -0.2) is 4.98 Å². The molecular formula is C20H27N9O5. The van der Waals surface area contributed by atoms with Crippen LogP contribution in [0.1, 0.15) is 38.1 Å². The number of aromatic nitrogens is 5. The number of tetrazole rings is 1. The van der Waals surface area contributed by atoms with Crippen LogP contribution < -0.4 is 21.3 Å². The van der Waals surface area contributed by atoms with Crippen LogP contribution in [0.4, 0.5) is 5.82 Å². The van der Waals surface area contributed by atoms with E-state index in [2.05, 4.69) is 36.2 Å². The maximum absolute atomic E-state index is 13.6. The summed E-state index contributed by atoms with van der Waals surface area (Å²) in [5.41, 5.74) is 6.57. The molecule has 3 atom stereocenters. The van der Waals surface area contributed by atoms with Gasteiger partial charge in [0.2, 0.25) is 11.8 Å². The molecule has 0 saturated heterocycles. The highest BCUT2D eigenvalue weighted by atomic mass is 16.4. The molecule has 6 N–H and O–H groups in total. The predicted octanol–water partition coefficient (Wildman–Crippen LogP) is -1.50. The highest BCUT2D eigenvalue weighted by Crippen LogP contribution is 2.31. The monoisotopic (exact) mass is 473 g/mol. The van der Waals surface area contributed by atoms with Crippen molar-refractivity contribution >= 4 is 29.5 Å². The number of carbonyl (C=O) groups excluding carboxylic acids is 3. The molecule has 34 heavy (non-hydrogen) atoms. The minimum Gasteiger partial charge on any atom is -0.481 e. The van der Waals surface area contributed by atoms with Gasteiger partial charge in [-0.05, 0) is 24.0 Å². The largest absolute Gasteiger partial charge is 0.481 e. The van der Waals surface area contributed by atoms with Crippen LogP contribution in [-0.4, -0.2) is 72.5 Å². The van der Waals surface area contributed by atoms with E-state index < -0.39 is 41.8 Å². The van der Waals surface area contributed by atoms with E-state index in [0.717, 1.165) is 0 Å². The second-order valence-electron chi connectivity index (χ2n) is 8.22. The van der Waals surface area contributed by atoms with Crippen LogP contribution >= 0.6 is 0 Å². The Morgan fingerprint density at radius 2 is 2.09 bits per heavy atom.